The number of amides is 1. The minimum Gasteiger partial charge on any atom is -0.507 e. The van der Waals surface area contributed by atoms with Crippen LogP contribution < -0.4 is 0 Å². The van der Waals surface area contributed by atoms with Crippen LogP contribution in [0.3, 0.4) is 0 Å². The van der Waals surface area contributed by atoms with E-state index in [-0.39, 0.29) is 16.7 Å². The van der Waals surface area contributed by atoms with Crippen LogP contribution in [0.4, 0.5) is 0 Å². The standard InChI is InChI=1S/C18H25NO2S2/c1-17(2,3)12-7-11(8-13(15(12)21)18(4,5)6)9-19-14(20)10-23-16(19)22/h7-8,21H,9-10H2,1-6H3. The third-order valence-corrected chi connectivity index (χ3v) is 5.40. The summed E-state index contributed by atoms with van der Waals surface area (Å²) in [7, 11) is 0. The van der Waals surface area contributed by atoms with Crippen LogP contribution in [-0.2, 0) is 22.2 Å². The molecule has 0 atom stereocenters. The van der Waals surface area contributed by atoms with Crippen LogP contribution in [0.5, 0.6) is 5.75 Å². The van der Waals surface area contributed by atoms with Gasteiger partial charge in [-0.3, -0.25) is 9.69 Å². The minimum atomic E-state index is -0.176. The highest BCUT2D eigenvalue weighted by Crippen LogP contribution is 2.40. The summed E-state index contributed by atoms with van der Waals surface area (Å²) in [6.45, 7) is 13.0. The molecule has 1 N–H and O–H groups in total. The lowest BCUT2D eigenvalue weighted by Gasteiger charge is -2.29. The predicted molar refractivity (Wildman–Crippen MR) is 101 cm³/mol. The van der Waals surface area contributed by atoms with E-state index in [1.54, 1.807) is 4.90 Å². The number of carbonyl (C=O) groups is 1. The molecule has 3 nitrogen and oxygen atoms in total. The van der Waals surface area contributed by atoms with Gasteiger partial charge in [-0.2, -0.15) is 0 Å². The highest BCUT2D eigenvalue weighted by molar-refractivity contribution is 8.23. The molecule has 1 heterocycles. The highest BCUT2D eigenvalue weighted by Gasteiger charge is 2.30. The van der Waals surface area contributed by atoms with Gasteiger partial charge in [-0.25, -0.2) is 0 Å². The Morgan fingerprint density at radius 2 is 1.61 bits per heavy atom. The maximum atomic E-state index is 12.0. The number of thiocarbonyl (C=S) groups is 1. The molecule has 1 fully saturated rings. The smallest absolute Gasteiger partial charge is 0.238 e. The molecule has 23 heavy (non-hydrogen) atoms. The topological polar surface area (TPSA) is 40.5 Å². The Kier molecular flexibility index (Phi) is 4.84. The van der Waals surface area contributed by atoms with E-state index >= 15 is 0 Å². The molecule has 0 spiro atoms. The van der Waals surface area contributed by atoms with Gasteiger partial charge in [0.2, 0.25) is 5.91 Å². The normalized spacial score (nSPS) is 16.3. The van der Waals surface area contributed by atoms with E-state index in [1.807, 2.05) is 12.1 Å². The van der Waals surface area contributed by atoms with E-state index in [0.717, 1.165) is 16.7 Å². The number of aromatic hydroxyl groups is 1. The molecule has 1 aliphatic heterocycles. The predicted octanol–water partition coefficient (Wildman–Crippen LogP) is 4.35. The Morgan fingerprint density at radius 3 is 1.96 bits per heavy atom. The molecule has 1 aliphatic rings. The van der Waals surface area contributed by atoms with Gasteiger partial charge in [-0.05, 0) is 39.7 Å². The van der Waals surface area contributed by atoms with Crippen LogP contribution in [0.15, 0.2) is 12.1 Å². The summed E-state index contributed by atoms with van der Waals surface area (Å²) in [5.74, 6) is 0.843. The summed E-state index contributed by atoms with van der Waals surface area (Å²) >= 11 is 6.69. The molecule has 0 saturated carbocycles. The molecule has 0 aliphatic carbocycles. The molecular formula is C18H25NO2S2. The van der Waals surface area contributed by atoms with Gasteiger partial charge in [0.15, 0.2) is 0 Å². The fraction of sp³-hybridized carbons (Fsp3) is 0.556. The van der Waals surface area contributed by atoms with E-state index in [2.05, 4.69) is 41.5 Å². The Hall–Kier alpha value is -1.07. The van der Waals surface area contributed by atoms with Crippen molar-refractivity contribution in [2.75, 3.05) is 5.75 Å². The number of rotatable bonds is 2. The number of phenols is 1. The zero-order valence-electron chi connectivity index (χ0n) is 14.7. The number of phenolic OH excluding ortho intramolecular Hbond substituents is 1. The lowest BCUT2D eigenvalue weighted by Crippen LogP contribution is -2.28. The second kappa shape index (κ2) is 6.10. The van der Waals surface area contributed by atoms with Crippen LogP contribution in [0.2, 0.25) is 0 Å². The van der Waals surface area contributed by atoms with Gasteiger partial charge in [0.25, 0.3) is 0 Å². The second-order valence-corrected chi connectivity index (χ2v) is 9.68. The van der Waals surface area contributed by atoms with Gasteiger partial charge in [-0.15, -0.1) is 0 Å². The summed E-state index contributed by atoms with van der Waals surface area (Å²) in [6, 6.07) is 4.01. The molecule has 1 amide bonds. The van der Waals surface area contributed by atoms with Crippen molar-refractivity contribution in [3.05, 3.63) is 28.8 Å². The molecule has 1 aromatic rings. The van der Waals surface area contributed by atoms with Crippen LogP contribution in [0.1, 0.15) is 58.2 Å². The molecule has 5 heteroatoms. The van der Waals surface area contributed by atoms with Crippen LogP contribution in [0.25, 0.3) is 0 Å². The van der Waals surface area contributed by atoms with E-state index < -0.39 is 0 Å². The molecule has 2 rings (SSSR count). The number of benzene rings is 1. The van der Waals surface area contributed by atoms with Crippen LogP contribution in [0, 0.1) is 0 Å². The zero-order chi connectivity index (χ0) is 17.6. The molecule has 0 bridgehead atoms. The van der Waals surface area contributed by atoms with Gasteiger partial charge in [-0.1, -0.05) is 65.5 Å². The first-order chi connectivity index (χ1) is 10.4. The third kappa shape index (κ3) is 3.89. The van der Waals surface area contributed by atoms with Crippen molar-refractivity contribution >= 4 is 34.2 Å². The SMILES string of the molecule is CC(C)(C)c1cc(CN2C(=O)CSC2=S)cc(C(C)(C)C)c1O. The van der Waals surface area contributed by atoms with Crippen molar-refractivity contribution in [3.8, 4) is 5.75 Å². The molecule has 0 radical (unpaired) electrons. The van der Waals surface area contributed by atoms with Crippen molar-refractivity contribution in [3.63, 3.8) is 0 Å². The Bertz CT molecular complexity index is 603. The van der Waals surface area contributed by atoms with Gasteiger partial charge in [0, 0.05) is 0 Å². The Labute approximate surface area is 148 Å². The molecular weight excluding hydrogens is 326 g/mol. The first kappa shape index (κ1) is 18.3. The minimum absolute atomic E-state index is 0.0580. The van der Waals surface area contributed by atoms with Crippen LogP contribution >= 0.6 is 24.0 Å². The second-order valence-electron chi connectivity index (χ2n) is 8.07. The van der Waals surface area contributed by atoms with E-state index in [0.29, 0.717) is 22.4 Å². The largest absolute Gasteiger partial charge is 0.507 e. The van der Waals surface area contributed by atoms with Crippen molar-refractivity contribution < 1.29 is 9.90 Å². The van der Waals surface area contributed by atoms with Gasteiger partial charge in [0.1, 0.15) is 10.1 Å². The maximum Gasteiger partial charge on any atom is 0.238 e. The van der Waals surface area contributed by atoms with Crippen molar-refractivity contribution in [2.45, 2.75) is 58.9 Å². The lowest BCUT2D eigenvalue weighted by atomic mass is 9.78. The van der Waals surface area contributed by atoms with Gasteiger partial charge in [0.05, 0.1) is 12.3 Å². The molecule has 1 aromatic carbocycles. The van der Waals surface area contributed by atoms with Crippen molar-refractivity contribution in [1.82, 2.24) is 4.90 Å². The quantitative estimate of drug-likeness (QED) is 0.804. The number of hydrogen-bond acceptors (Lipinski definition) is 4. The van der Waals surface area contributed by atoms with Gasteiger partial charge >= 0.3 is 0 Å². The Balaban J connectivity index is 2.52. The molecule has 0 aromatic heterocycles. The number of thioether (sulfide) groups is 1. The lowest BCUT2D eigenvalue weighted by molar-refractivity contribution is -0.124. The summed E-state index contributed by atoms with van der Waals surface area (Å²) in [5.41, 5.74) is 2.47. The fourth-order valence-electron chi connectivity index (χ4n) is 2.65. The number of carbonyl (C=O) groups excluding carboxylic acids is 1. The van der Waals surface area contributed by atoms with Crippen molar-refractivity contribution in [1.29, 1.82) is 0 Å². The van der Waals surface area contributed by atoms with Crippen LogP contribution in [-0.4, -0.2) is 26.0 Å². The van der Waals surface area contributed by atoms with Gasteiger partial charge < -0.3 is 5.11 Å². The van der Waals surface area contributed by atoms with E-state index in [4.69, 9.17) is 12.2 Å². The van der Waals surface area contributed by atoms with Crippen molar-refractivity contribution in [2.24, 2.45) is 0 Å². The van der Waals surface area contributed by atoms with E-state index in [9.17, 15) is 9.90 Å². The summed E-state index contributed by atoms with van der Waals surface area (Å²) < 4.78 is 0.637. The first-order valence-electron chi connectivity index (χ1n) is 7.75. The molecule has 1 saturated heterocycles. The highest BCUT2D eigenvalue weighted by atomic mass is 32.2. The summed E-state index contributed by atoms with van der Waals surface area (Å²) in [4.78, 5) is 13.6. The Morgan fingerprint density at radius 1 is 1.13 bits per heavy atom. The van der Waals surface area contributed by atoms with E-state index in [1.165, 1.54) is 11.8 Å². The summed E-state index contributed by atoms with van der Waals surface area (Å²) in [5, 5.41) is 10.7. The monoisotopic (exact) mass is 351 g/mol. The maximum absolute atomic E-state index is 12.0. The number of nitrogens with zero attached hydrogens (tertiary/aromatic N) is 1. The molecule has 126 valence electrons. The third-order valence-electron chi connectivity index (χ3n) is 3.97. The molecule has 0 unspecified atom stereocenters. The number of hydrogen-bond donors (Lipinski definition) is 1. The fourth-order valence-corrected chi connectivity index (χ4v) is 3.71. The first-order valence-corrected chi connectivity index (χ1v) is 9.14. The average Bonchev–Trinajstić information content (AvgIpc) is 2.69. The zero-order valence-corrected chi connectivity index (χ0v) is 16.3. The average molecular weight is 352 g/mol. The summed E-state index contributed by atoms with van der Waals surface area (Å²) in [6.07, 6.45) is 0.